The summed E-state index contributed by atoms with van der Waals surface area (Å²) in [7, 11) is 4.86. The molecule has 0 radical (unpaired) electrons. The number of nitrogens with zero attached hydrogens (tertiary/aromatic N) is 3. The van der Waals surface area contributed by atoms with E-state index in [1.54, 1.807) is 38.4 Å². The van der Waals surface area contributed by atoms with Gasteiger partial charge in [-0.25, -0.2) is 9.78 Å². The molecule has 0 saturated heterocycles. The van der Waals surface area contributed by atoms with Gasteiger partial charge in [-0.05, 0) is 32.0 Å². The lowest BCUT2D eigenvalue weighted by Gasteiger charge is -2.16. The normalized spacial score (nSPS) is 11.0. The average Bonchev–Trinajstić information content (AvgIpc) is 2.85. The van der Waals surface area contributed by atoms with Crippen LogP contribution in [0.2, 0.25) is 0 Å². The number of hydrogen-bond acceptors (Lipinski definition) is 5. The summed E-state index contributed by atoms with van der Waals surface area (Å²) in [6.45, 7) is 3.78. The van der Waals surface area contributed by atoms with E-state index in [0.717, 1.165) is 0 Å². The molecule has 1 N–H and O–H groups in total. The number of methoxy groups -OCH3 is 1. The second-order valence-corrected chi connectivity index (χ2v) is 6.41. The van der Waals surface area contributed by atoms with Crippen molar-refractivity contribution < 1.29 is 14.3 Å². The van der Waals surface area contributed by atoms with E-state index in [0.29, 0.717) is 28.2 Å². The number of aromatic nitrogens is 3. The van der Waals surface area contributed by atoms with E-state index < -0.39 is 5.91 Å². The van der Waals surface area contributed by atoms with Gasteiger partial charge in [0.05, 0.1) is 29.9 Å². The van der Waals surface area contributed by atoms with Crippen molar-refractivity contribution in [1.29, 1.82) is 0 Å². The van der Waals surface area contributed by atoms with Gasteiger partial charge in [0.2, 0.25) is 0 Å². The smallest absolute Gasteiger partial charge is 0.328 e. The molecule has 0 bridgehead atoms. The van der Waals surface area contributed by atoms with E-state index in [1.165, 1.54) is 22.4 Å². The summed E-state index contributed by atoms with van der Waals surface area (Å²) in [5, 5.41) is 2.82. The Kier molecular flexibility index (Phi) is 4.89. The lowest BCUT2D eigenvalue weighted by atomic mass is 10.2. The summed E-state index contributed by atoms with van der Waals surface area (Å²) in [6, 6.07) is 6.83. The molecule has 8 heteroatoms. The summed E-state index contributed by atoms with van der Waals surface area (Å²) in [5.74, 6) is 0.415. The van der Waals surface area contributed by atoms with Crippen molar-refractivity contribution in [3.63, 3.8) is 0 Å². The van der Waals surface area contributed by atoms with Crippen LogP contribution in [0.25, 0.3) is 11.0 Å². The van der Waals surface area contributed by atoms with Crippen molar-refractivity contribution in [2.24, 2.45) is 14.1 Å². The van der Waals surface area contributed by atoms with Gasteiger partial charge in [0.25, 0.3) is 5.91 Å². The van der Waals surface area contributed by atoms with Gasteiger partial charge in [0.15, 0.2) is 5.69 Å². The first-order valence-electron chi connectivity index (χ1n) is 8.50. The zero-order valence-corrected chi connectivity index (χ0v) is 15.9. The predicted molar refractivity (Wildman–Crippen MR) is 103 cm³/mol. The molecule has 142 valence electrons. The van der Waals surface area contributed by atoms with Crippen molar-refractivity contribution in [3.8, 4) is 11.5 Å². The standard InChI is InChI=1S/C19H22N4O4/c1-11(2)27-16-10-14-13(22(3)19(25)23(14)4)9-12(16)21-18(24)17-15(26-5)7-6-8-20-17/h6-11H,1-5H3,(H,21,24). The van der Waals surface area contributed by atoms with Crippen LogP contribution in [0.15, 0.2) is 35.3 Å². The largest absolute Gasteiger partial charge is 0.494 e. The number of pyridine rings is 1. The molecule has 3 rings (SSSR count). The number of aryl methyl sites for hydroxylation is 2. The molecule has 1 amide bonds. The number of benzene rings is 1. The van der Waals surface area contributed by atoms with Crippen LogP contribution in [0.5, 0.6) is 11.5 Å². The molecule has 0 saturated carbocycles. The SMILES string of the molecule is COc1cccnc1C(=O)Nc1cc2c(cc1OC(C)C)n(C)c(=O)n2C. The van der Waals surface area contributed by atoms with Crippen LogP contribution in [-0.2, 0) is 14.1 Å². The number of ether oxygens (including phenoxy) is 2. The van der Waals surface area contributed by atoms with Crippen LogP contribution in [-0.4, -0.2) is 33.2 Å². The lowest BCUT2D eigenvalue weighted by molar-refractivity contribution is 0.101. The van der Waals surface area contributed by atoms with Gasteiger partial charge in [-0.3, -0.25) is 13.9 Å². The number of anilines is 1. The van der Waals surface area contributed by atoms with Gasteiger partial charge in [-0.2, -0.15) is 0 Å². The molecule has 3 aromatic rings. The van der Waals surface area contributed by atoms with Crippen LogP contribution in [0.3, 0.4) is 0 Å². The van der Waals surface area contributed by atoms with Crippen LogP contribution < -0.4 is 20.5 Å². The maximum atomic E-state index is 12.7. The third-order valence-electron chi connectivity index (χ3n) is 4.19. The molecule has 0 aliphatic rings. The molecule has 0 fully saturated rings. The molecule has 0 aliphatic heterocycles. The molecule has 0 spiro atoms. The first kappa shape index (κ1) is 18.5. The third-order valence-corrected chi connectivity index (χ3v) is 4.19. The summed E-state index contributed by atoms with van der Waals surface area (Å²) in [4.78, 5) is 29.1. The topological polar surface area (TPSA) is 87.4 Å². The molecule has 8 nitrogen and oxygen atoms in total. The molecular formula is C19H22N4O4. The van der Waals surface area contributed by atoms with E-state index in [1.807, 2.05) is 13.8 Å². The van der Waals surface area contributed by atoms with Crippen molar-refractivity contribution >= 4 is 22.6 Å². The van der Waals surface area contributed by atoms with Gasteiger partial charge < -0.3 is 14.8 Å². The van der Waals surface area contributed by atoms with Crippen LogP contribution in [0.1, 0.15) is 24.3 Å². The number of nitrogens with one attached hydrogen (secondary N) is 1. The quantitative estimate of drug-likeness (QED) is 0.745. The fourth-order valence-corrected chi connectivity index (χ4v) is 2.88. The second kappa shape index (κ2) is 7.14. The highest BCUT2D eigenvalue weighted by molar-refractivity contribution is 6.06. The molecule has 27 heavy (non-hydrogen) atoms. The molecule has 0 atom stereocenters. The zero-order chi connectivity index (χ0) is 19.7. The molecular weight excluding hydrogens is 348 g/mol. The molecule has 2 heterocycles. The minimum atomic E-state index is -0.429. The second-order valence-electron chi connectivity index (χ2n) is 6.41. The first-order chi connectivity index (χ1) is 12.8. The number of hydrogen-bond donors (Lipinski definition) is 1. The Morgan fingerprint density at radius 2 is 1.81 bits per heavy atom. The van der Waals surface area contributed by atoms with E-state index in [4.69, 9.17) is 9.47 Å². The molecule has 0 aliphatic carbocycles. The third kappa shape index (κ3) is 3.38. The summed E-state index contributed by atoms with van der Waals surface area (Å²) in [6.07, 6.45) is 1.41. The highest BCUT2D eigenvalue weighted by atomic mass is 16.5. The minimum Gasteiger partial charge on any atom is -0.494 e. The van der Waals surface area contributed by atoms with E-state index >= 15 is 0 Å². The molecule has 1 aromatic carbocycles. The monoisotopic (exact) mass is 370 g/mol. The van der Waals surface area contributed by atoms with E-state index in [2.05, 4.69) is 10.3 Å². The Morgan fingerprint density at radius 1 is 1.15 bits per heavy atom. The maximum Gasteiger partial charge on any atom is 0.328 e. The predicted octanol–water partition coefficient (Wildman–Crippen LogP) is 2.32. The lowest BCUT2D eigenvalue weighted by Crippen LogP contribution is -2.19. The average molecular weight is 370 g/mol. The van der Waals surface area contributed by atoms with Gasteiger partial charge in [-0.1, -0.05) is 0 Å². The van der Waals surface area contributed by atoms with Gasteiger partial charge >= 0.3 is 5.69 Å². The van der Waals surface area contributed by atoms with Gasteiger partial charge in [0.1, 0.15) is 11.5 Å². The summed E-state index contributed by atoms with van der Waals surface area (Å²) >= 11 is 0. The Labute approximate surface area is 156 Å². The fourth-order valence-electron chi connectivity index (χ4n) is 2.88. The summed E-state index contributed by atoms with van der Waals surface area (Å²) in [5.41, 5.74) is 1.86. The Hall–Kier alpha value is -3.29. The number of rotatable bonds is 5. The zero-order valence-electron chi connectivity index (χ0n) is 15.9. The van der Waals surface area contributed by atoms with Crippen molar-refractivity contribution in [2.45, 2.75) is 20.0 Å². The van der Waals surface area contributed by atoms with Crippen molar-refractivity contribution in [3.05, 3.63) is 46.6 Å². The molecule has 0 unspecified atom stereocenters. The number of amides is 1. The van der Waals surface area contributed by atoms with Gasteiger partial charge in [0, 0.05) is 26.4 Å². The van der Waals surface area contributed by atoms with Crippen LogP contribution >= 0.6 is 0 Å². The summed E-state index contributed by atoms with van der Waals surface area (Å²) < 4.78 is 14.1. The minimum absolute atomic E-state index is 0.108. The van der Waals surface area contributed by atoms with Crippen molar-refractivity contribution in [2.75, 3.05) is 12.4 Å². The number of imidazole rings is 1. The highest BCUT2D eigenvalue weighted by Gasteiger charge is 2.19. The number of fused-ring (bicyclic) bond motifs is 1. The molecule has 2 aromatic heterocycles. The van der Waals surface area contributed by atoms with Crippen LogP contribution in [0.4, 0.5) is 5.69 Å². The fraction of sp³-hybridized carbons (Fsp3) is 0.316. The highest BCUT2D eigenvalue weighted by Crippen LogP contribution is 2.31. The van der Waals surface area contributed by atoms with E-state index in [9.17, 15) is 9.59 Å². The number of carbonyl (C=O) groups is 1. The number of carbonyl (C=O) groups excluding carboxylic acids is 1. The Morgan fingerprint density at radius 3 is 2.44 bits per heavy atom. The maximum absolute atomic E-state index is 12.7. The van der Waals surface area contributed by atoms with Crippen molar-refractivity contribution in [1.82, 2.24) is 14.1 Å². The Bertz CT molecular complexity index is 1070. The van der Waals surface area contributed by atoms with Gasteiger partial charge in [-0.15, -0.1) is 0 Å². The van der Waals surface area contributed by atoms with E-state index in [-0.39, 0.29) is 17.5 Å². The van der Waals surface area contributed by atoms with Crippen LogP contribution in [0, 0.1) is 0 Å². The first-order valence-corrected chi connectivity index (χ1v) is 8.50. The Balaban J connectivity index is 2.10.